The third-order valence-corrected chi connectivity index (χ3v) is 5.16. The van der Waals surface area contributed by atoms with Crippen molar-refractivity contribution >= 4 is 29.7 Å². The molecule has 2 heterocycles. The Morgan fingerprint density at radius 1 is 1.18 bits per heavy atom. The molecular weight excluding hydrogens is 374 g/mol. The quantitative estimate of drug-likeness (QED) is 0.616. The molecule has 28 heavy (non-hydrogen) atoms. The van der Waals surface area contributed by atoms with E-state index in [-0.39, 0.29) is 11.6 Å². The van der Waals surface area contributed by atoms with E-state index in [1.165, 1.54) is 10.3 Å². The monoisotopic (exact) mass is 401 g/mol. The Morgan fingerprint density at radius 3 is 2.46 bits per heavy atom. The number of benzene rings is 1. The first-order chi connectivity index (χ1) is 13.3. The van der Waals surface area contributed by atoms with Gasteiger partial charge in [-0.25, -0.2) is 18.7 Å². The molecule has 0 amide bonds. The number of imidazole rings is 1. The van der Waals surface area contributed by atoms with E-state index >= 15 is 0 Å². The van der Waals surface area contributed by atoms with Crippen LogP contribution < -0.4 is 15.3 Å². The van der Waals surface area contributed by atoms with Crippen LogP contribution in [0, 0.1) is 5.92 Å². The third kappa shape index (κ3) is 3.87. The largest absolute Gasteiger partial charge is 0.497 e. The highest BCUT2D eigenvalue weighted by molar-refractivity contribution is 7.78. The van der Waals surface area contributed by atoms with Gasteiger partial charge in [-0.2, -0.15) is 0 Å². The van der Waals surface area contributed by atoms with Gasteiger partial charge in [-0.15, -0.1) is 0 Å². The molecule has 0 aliphatic heterocycles. The number of thiol groups is 1. The first kappa shape index (κ1) is 20.3. The van der Waals surface area contributed by atoms with Crippen molar-refractivity contribution in [1.82, 2.24) is 18.5 Å². The number of fused-ring (bicyclic) bond motifs is 1. The Balaban J connectivity index is 1.93. The average molecular weight is 402 g/mol. The van der Waals surface area contributed by atoms with Crippen molar-refractivity contribution < 1.29 is 4.74 Å². The fourth-order valence-electron chi connectivity index (χ4n) is 3.41. The van der Waals surface area contributed by atoms with Crippen LogP contribution in [0.3, 0.4) is 0 Å². The minimum absolute atomic E-state index is 0.0744. The van der Waals surface area contributed by atoms with Crippen LogP contribution in [0.25, 0.3) is 11.2 Å². The van der Waals surface area contributed by atoms with E-state index < -0.39 is 0 Å². The predicted octanol–water partition coefficient (Wildman–Crippen LogP) is 3.19. The lowest BCUT2D eigenvalue weighted by Gasteiger charge is -2.23. The van der Waals surface area contributed by atoms with E-state index in [0.29, 0.717) is 23.6 Å². The summed E-state index contributed by atoms with van der Waals surface area (Å²) in [4.78, 5) is 23.7. The maximum Gasteiger partial charge on any atom is 0.340 e. The topological polar surface area (TPSA) is 65.2 Å². The molecule has 3 aromatic rings. The molecule has 3 rings (SSSR count). The van der Waals surface area contributed by atoms with Crippen molar-refractivity contribution in [2.24, 2.45) is 5.92 Å². The van der Waals surface area contributed by atoms with Crippen LogP contribution >= 0.6 is 12.8 Å². The summed E-state index contributed by atoms with van der Waals surface area (Å²) in [6.45, 7) is 7.57. The molecule has 0 spiro atoms. The Bertz CT molecular complexity index is 1010. The molecule has 1 unspecified atom stereocenters. The van der Waals surface area contributed by atoms with Crippen LogP contribution in [-0.4, -0.2) is 39.2 Å². The maximum absolute atomic E-state index is 12.7. The van der Waals surface area contributed by atoms with Gasteiger partial charge in [-0.1, -0.05) is 33.6 Å². The van der Waals surface area contributed by atoms with Gasteiger partial charge in [0.15, 0.2) is 5.65 Å². The second-order valence-electron chi connectivity index (χ2n) is 7.51. The summed E-state index contributed by atoms with van der Waals surface area (Å²) in [7, 11) is 3.69. The van der Waals surface area contributed by atoms with E-state index in [9.17, 15) is 4.79 Å². The SMILES string of the molecule is COc1ccc(N(C)CC(C)c2ncnc3c2n(S)c(=O)n3CC(C)C)cc1. The average Bonchev–Trinajstić information content (AvgIpc) is 2.92. The smallest absolute Gasteiger partial charge is 0.340 e. The lowest BCUT2D eigenvalue weighted by atomic mass is 10.1. The van der Waals surface area contributed by atoms with E-state index in [1.54, 1.807) is 11.7 Å². The van der Waals surface area contributed by atoms with Crippen LogP contribution in [-0.2, 0) is 6.54 Å². The number of rotatable bonds is 7. The van der Waals surface area contributed by atoms with Crippen LogP contribution in [0.15, 0.2) is 35.4 Å². The van der Waals surface area contributed by atoms with E-state index in [4.69, 9.17) is 4.74 Å². The number of ether oxygens (including phenoxy) is 1. The second-order valence-corrected chi connectivity index (χ2v) is 7.91. The van der Waals surface area contributed by atoms with Crippen molar-refractivity contribution in [2.45, 2.75) is 33.2 Å². The summed E-state index contributed by atoms with van der Waals surface area (Å²) in [5.41, 5.74) is 3.05. The fraction of sp³-hybridized carbons (Fsp3) is 0.450. The summed E-state index contributed by atoms with van der Waals surface area (Å²) < 4.78 is 8.27. The number of hydrogen-bond donors (Lipinski definition) is 1. The number of aromatic nitrogens is 4. The lowest BCUT2D eigenvalue weighted by molar-refractivity contribution is 0.415. The first-order valence-electron chi connectivity index (χ1n) is 9.34. The highest BCUT2D eigenvalue weighted by Crippen LogP contribution is 2.26. The first-order valence-corrected chi connectivity index (χ1v) is 9.74. The molecular formula is C20H27N5O2S. The molecule has 150 valence electrons. The molecule has 0 aliphatic rings. The summed E-state index contributed by atoms with van der Waals surface area (Å²) >= 11 is 4.43. The van der Waals surface area contributed by atoms with Crippen LogP contribution in [0.1, 0.15) is 32.4 Å². The van der Waals surface area contributed by atoms with E-state index in [1.807, 2.05) is 31.3 Å². The molecule has 7 nitrogen and oxygen atoms in total. The van der Waals surface area contributed by atoms with Gasteiger partial charge >= 0.3 is 5.69 Å². The zero-order chi connectivity index (χ0) is 20.4. The molecule has 0 radical (unpaired) electrons. The minimum atomic E-state index is -0.176. The molecule has 0 aliphatic carbocycles. The van der Waals surface area contributed by atoms with Gasteiger partial charge in [-0.05, 0) is 30.2 Å². The van der Waals surface area contributed by atoms with E-state index in [0.717, 1.165) is 23.7 Å². The Labute approximate surface area is 170 Å². The summed E-state index contributed by atoms with van der Waals surface area (Å²) in [5.74, 6) is 1.23. The Morgan fingerprint density at radius 2 is 1.86 bits per heavy atom. The third-order valence-electron chi connectivity index (χ3n) is 4.79. The van der Waals surface area contributed by atoms with Gasteiger partial charge in [0.25, 0.3) is 0 Å². The number of likely N-dealkylation sites (N-methyl/N-ethyl adjacent to an activating group) is 1. The van der Waals surface area contributed by atoms with Gasteiger partial charge in [0.05, 0.1) is 12.8 Å². The molecule has 2 aromatic heterocycles. The predicted molar refractivity (Wildman–Crippen MR) is 116 cm³/mol. The number of methoxy groups -OCH3 is 1. The van der Waals surface area contributed by atoms with Crippen LogP contribution in [0.4, 0.5) is 5.69 Å². The van der Waals surface area contributed by atoms with Crippen LogP contribution in [0.2, 0.25) is 0 Å². The van der Waals surface area contributed by atoms with E-state index in [2.05, 4.69) is 48.5 Å². The zero-order valence-electron chi connectivity index (χ0n) is 17.0. The summed E-state index contributed by atoms with van der Waals surface area (Å²) in [6.07, 6.45) is 1.53. The van der Waals surface area contributed by atoms with Gasteiger partial charge in [-0.3, -0.25) is 4.57 Å². The molecule has 8 heteroatoms. The molecule has 0 saturated carbocycles. The van der Waals surface area contributed by atoms with Crippen LogP contribution in [0.5, 0.6) is 5.75 Å². The fourth-order valence-corrected chi connectivity index (χ4v) is 3.71. The molecule has 0 saturated heterocycles. The number of nitrogens with zero attached hydrogens (tertiary/aromatic N) is 5. The Kier molecular flexibility index (Phi) is 5.98. The Hall–Kier alpha value is -2.48. The zero-order valence-corrected chi connectivity index (χ0v) is 17.8. The molecule has 0 fully saturated rings. The second kappa shape index (κ2) is 8.26. The van der Waals surface area contributed by atoms with Crippen molar-refractivity contribution in [3.8, 4) is 5.75 Å². The maximum atomic E-state index is 12.7. The minimum Gasteiger partial charge on any atom is -0.497 e. The summed E-state index contributed by atoms with van der Waals surface area (Å²) in [6, 6.07) is 7.93. The highest BCUT2D eigenvalue weighted by Gasteiger charge is 2.21. The lowest BCUT2D eigenvalue weighted by Crippen LogP contribution is -2.24. The van der Waals surface area contributed by atoms with Gasteiger partial charge in [0.2, 0.25) is 0 Å². The molecule has 0 bridgehead atoms. The molecule has 0 N–H and O–H groups in total. The number of anilines is 1. The summed E-state index contributed by atoms with van der Waals surface area (Å²) in [5, 5.41) is 0. The molecule has 1 aromatic carbocycles. The van der Waals surface area contributed by atoms with Gasteiger partial charge in [0, 0.05) is 31.7 Å². The van der Waals surface area contributed by atoms with Gasteiger partial charge in [0.1, 0.15) is 17.6 Å². The van der Waals surface area contributed by atoms with Crippen molar-refractivity contribution in [3.63, 3.8) is 0 Å². The van der Waals surface area contributed by atoms with Crippen molar-refractivity contribution in [1.29, 1.82) is 0 Å². The normalized spacial score (nSPS) is 12.5. The van der Waals surface area contributed by atoms with Crippen molar-refractivity contribution in [3.05, 3.63) is 46.8 Å². The highest BCUT2D eigenvalue weighted by atomic mass is 32.1. The van der Waals surface area contributed by atoms with Gasteiger partial charge < -0.3 is 9.64 Å². The molecule has 1 atom stereocenters. The van der Waals surface area contributed by atoms with Crippen molar-refractivity contribution in [2.75, 3.05) is 25.6 Å². The number of hydrogen-bond acceptors (Lipinski definition) is 6. The standard InChI is InChI=1S/C20H27N5O2S/c1-13(2)10-24-19-18(25(28)20(24)26)17(21-12-22-19)14(3)11-23(4)15-6-8-16(27-5)9-7-15/h6-9,12-14,28H,10-11H2,1-5H3.